The van der Waals surface area contributed by atoms with E-state index in [2.05, 4.69) is 5.32 Å². The van der Waals surface area contributed by atoms with Crippen molar-refractivity contribution in [2.75, 3.05) is 5.32 Å². The Kier molecular flexibility index (Phi) is 3.79. The number of rotatable bonds is 3. The highest BCUT2D eigenvalue weighted by Gasteiger charge is 2.00. The molecule has 0 amide bonds. The quantitative estimate of drug-likeness (QED) is 0.828. The van der Waals surface area contributed by atoms with Gasteiger partial charge in [0.15, 0.2) is 5.11 Å². The van der Waals surface area contributed by atoms with Crippen molar-refractivity contribution in [3.8, 4) is 11.5 Å². The maximum absolute atomic E-state index is 5.78. The molecule has 0 aliphatic rings. The molecule has 0 aliphatic carbocycles. The van der Waals surface area contributed by atoms with Crippen molar-refractivity contribution < 1.29 is 4.74 Å². The van der Waals surface area contributed by atoms with Gasteiger partial charge >= 0.3 is 0 Å². The van der Waals surface area contributed by atoms with E-state index in [0.29, 0.717) is 0 Å². The summed E-state index contributed by atoms with van der Waals surface area (Å²) in [5, 5.41) is 3.11. The van der Waals surface area contributed by atoms with E-state index in [1.54, 1.807) is 0 Å². The van der Waals surface area contributed by atoms with Crippen molar-refractivity contribution in [3.05, 3.63) is 54.1 Å². The van der Waals surface area contributed by atoms with Gasteiger partial charge in [0.1, 0.15) is 11.5 Å². The highest BCUT2D eigenvalue weighted by molar-refractivity contribution is 7.80. The van der Waals surface area contributed by atoms with Gasteiger partial charge in [-0.25, -0.2) is 0 Å². The summed E-state index contributed by atoms with van der Waals surface area (Å²) in [5.41, 5.74) is 7.34. The molecular formula is C14H14N2OS. The first-order valence-electron chi connectivity index (χ1n) is 5.55. The summed E-state index contributed by atoms with van der Waals surface area (Å²) >= 11 is 4.77. The number of nitrogens with two attached hydrogens (primary N) is 1. The molecule has 0 radical (unpaired) electrons. The van der Waals surface area contributed by atoms with Crippen molar-refractivity contribution in [1.82, 2.24) is 0 Å². The maximum Gasteiger partial charge on any atom is 0.168 e. The summed E-state index contributed by atoms with van der Waals surface area (Å²) in [6.07, 6.45) is 0. The average Bonchev–Trinajstić information content (AvgIpc) is 2.34. The zero-order valence-corrected chi connectivity index (χ0v) is 10.8. The SMILES string of the molecule is Cc1ccccc1Oc1ccc(NC(N)=S)cc1. The highest BCUT2D eigenvalue weighted by atomic mass is 32.1. The van der Waals surface area contributed by atoms with Gasteiger partial charge in [0.05, 0.1) is 0 Å². The monoisotopic (exact) mass is 258 g/mol. The summed E-state index contributed by atoms with van der Waals surface area (Å²) in [6, 6.07) is 15.4. The molecule has 0 bridgehead atoms. The molecule has 0 saturated carbocycles. The van der Waals surface area contributed by atoms with Gasteiger partial charge in [-0.05, 0) is 55.0 Å². The van der Waals surface area contributed by atoms with Crippen LogP contribution in [0.15, 0.2) is 48.5 Å². The molecule has 92 valence electrons. The summed E-state index contributed by atoms with van der Waals surface area (Å²) < 4.78 is 5.78. The van der Waals surface area contributed by atoms with Gasteiger partial charge in [0.2, 0.25) is 0 Å². The second kappa shape index (κ2) is 5.51. The molecule has 0 aliphatic heterocycles. The molecule has 0 aromatic heterocycles. The Morgan fingerprint density at radius 2 is 1.78 bits per heavy atom. The second-order valence-corrected chi connectivity index (χ2v) is 4.32. The number of aryl methyl sites for hydroxylation is 1. The fourth-order valence-electron chi connectivity index (χ4n) is 1.55. The standard InChI is InChI=1S/C14H14N2OS/c1-10-4-2-3-5-13(10)17-12-8-6-11(7-9-12)16-14(15)18/h2-9H,1H3,(H3,15,16,18). The Morgan fingerprint density at radius 1 is 1.11 bits per heavy atom. The van der Waals surface area contributed by atoms with E-state index >= 15 is 0 Å². The van der Waals surface area contributed by atoms with E-state index < -0.39 is 0 Å². The van der Waals surface area contributed by atoms with Gasteiger partial charge in [-0.15, -0.1) is 0 Å². The van der Waals surface area contributed by atoms with Crippen LogP contribution < -0.4 is 15.8 Å². The molecular weight excluding hydrogens is 244 g/mol. The Labute approximate surface area is 112 Å². The Morgan fingerprint density at radius 3 is 2.39 bits per heavy atom. The van der Waals surface area contributed by atoms with Crippen LogP contribution >= 0.6 is 12.2 Å². The van der Waals surface area contributed by atoms with Gasteiger partial charge in [0, 0.05) is 5.69 Å². The van der Waals surface area contributed by atoms with E-state index in [4.69, 9.17) is 22.7 Å². The predicted molar refractivity (Wildman–Crippen MR) is 78.1 cm³/mol. The Hall–Kier alpha value is -2.07. The number of benzene rings is 2. The molecule has 0 heterocycles. The van der Waals surface area contributed by atoms with Crippen LogP contribution in [0.1, 0.15) is 5.56 Å². The van der Waals surface area contributed by atoms with Gasteiger partial charge < -0.3 is 15.8 Å². The van der Waals surface area contributed by atoms with E-state index in [9.17, 15) is 0 Å². The van der Waals surface area contributed by atoms with E-state index in [0.717, 1.165) is 22.7 Å². The highest BCUT2D eigenvalue weighted by Crippen LogP contribution is 2.25. The number of para-hydroxylation sites is 1. The first-order chi connectivity index (χ1) is 8.65. The van der Waals surface area contributed by atoms with E-state index in [-0.39, 0.29) is 5.11 Å². The lowest BCUT2D eigenvalue weighted by Crippen LogP contribution is -2.18. The molecule has 0 spiro atoms. The third-order valence-corrected chi connectivity index (χ3v) is 2.55. The third kappa shape index (κ3) is 3.21. The molecule has 3 N–H and O–H groups in total. The lowest BCUT2D eigenvalue weighted by molar-refractivity contribution is 0.479. The van der Waals surface area contributed by atoms with Crippen molar-refractivity contribution in [2.24, 2.45) is 5.73 Å². The smallest absolute Gasteiger partial charge is 0.168 e. The lowest BCUT2D eigenvalue weighted by atomic mass is 10.2. The summed E-state index contributed by atoms with van der Waals surface area (Å²) in [5.74, 6) is 1.63. The second-order valence-electron chi connectivity index (χ2n) is 3.88. The lowest BCUT2D eigenvalue weighted by Gasteiger charge is -2.09. The number of hydrogen-bond donors (Lipinski definition) is 2. The minimum atomic E-state index is 0.252. The minimum Gasteiger partial charge on any atom is -0.457 e. The largest absolute Gasteiger partial charge is 0.457 e. The number of nitrogens with one attached hydrogen (secondary N) is 1. The molecule has 4 heteroatoms. The van der Waals surface area contributed by atoms with Crippen LogP contribution in [0, 0.1) is 6.92 Å². The fourth-order valence-corrected chi connectivity index (χ4v) is 1.66. The molecule has 2 rings (SSSR count). The molecule has 18 heavy (non-hydrogen) atoms. The molecule has 2 aromatic carbocycles. The maximum atomic E-state index is 5.78. The topological polar surface area (TPSA) is 47.3 Å². The van der Waals surface area contributed by atoms with Gasteiger partial charge in [0.25, 0.3) is 0 Å². The Balaban J connectivity index is 2.11. The zero-order valence-electron chi connectivity index (χ0n) is 10.0. The van der Waals surface area contributed by atoms with Gasteiger partial charge in [-0.2, -0.15) is 0 Å². The number of thiocarbonyl (C=S) groups is 1. The molecule has 2 aromatic rings. The predicted octanol–water partition coefficient (Wildman–Crippen LogP) is 3.44. The van der Waals surface area contributed by atoms with Crippen LogP contribution in [0.25, 0.3) is 0 Å². The zero-order chi connectivity index (χ0) is 13.0. The Bertz CT molecular complexity index is 552. The van der Waals surface area contributed by atoms with Crippen molar-refractivity contribution in [3.63, 3.8) is 0 Å². The van der Waals surface area contributed by atoms with Crippen LogP contribution in [0.5, 0.6) is 11.5 Å². The summed E-state index contributed by atoms with van der Waals surface area (Å²) in [4.78, 5) is 0. The minimum absolute atomic E-state index is 0.252. The fraction of sp³-hybridized carbons (Fsp3) is 0.0714. The number of ether oxygens (including phenoxy) is 1. The van der Waals surface area contributed by atoms with Gasteiger partial charge in [-0.3, -0.25) is 0 Å². The molecule has 3 nitrogen and oxygen atoms in total. The third-order valence-electron chi connectivity index (χ3n) is 2.44. The first-order valence-corrected chi connectivity index (χ1v) is 5.96. The summed E-state index contributed by atoms with van der Waals surface area (Å²) in [6.45, 7) is 2.01. The average molecular weight is 258 g/mol. The first kappa shape index (κ1) is 12.4. The molecule has 0 unspecified atom stereocenters. The van der Waals surface area contributed by atoms with Crippen LogP contribution in [0.3, 0.4) is 0 Å². The van der Waals surface area contributed by atoms with Gasteiger partial charge in [-0.1, -0.05) is 18.2 Å². The number of anilines is 1. The van der Waals surface area contributed by atoms with Crippen molar-refractivity contribution in [2.45, 2.75) is 6.92 Å². The van der Waals surface area contributed by atoms with Crippen molar-refractivity contribution in [1.29, 1.82) is 0 Å². The molecule has 0 atom stereocenters. The summed E-state index contributed by atoms with van der Waals surface area (Å²) in [7, 11) is 0. The van der Waals surface area contributed by atoms with E-state index in [1.165, 1.54) is 0 Å². The van der Waals surface area contributed by atoms with Crippen molar-refractivity contribution >= 4 is 23.0 Å². The molecule has 0 saturated heterocycles. The van der Waals surface area contributed by atoms with Crippen LogP contribution in [-0.4, -0.2) is 5.11 Å². The molecule has 0 fully saturated rings. The number of hydrogen-bond acceptors (Lipinski definition) is 2. The normalized spacial score (nSPS) is 9.83. The van der Waals surface area contributed by atoms with Crippen LogP contribution in [0.4, 0.5) is 5.69 Å². The van der Waals surface area contributed by atoms with E-state index in [1.807, 2.05) is 55.5 Å². The van der Waals surface area contributed by atoms with Crippen LogP contribution in [0.2, 0.25) is 0 Å². The van der Waals surface area contributed by atoms with Crippen LogP contribution in [-0.2, 0) is 0 Å².